The molecule has 0 spiro atoms. The van der Waals surface area contributed by atoms with Gasteiger partial charge in [-0.05, 0) is 5.92 Å². The van der Waals surface area contributed by atoms with Crippen molar-refractivity contribution in [3.63, 3.8) is 0 Å². The molecule has 0 bridgehead atoms. The number of nitrogens with one attached hydrogen (secondary N) is 1. The molecule has 0 aromatic carbocycles. The molecule has 1 rings (SSSR count). The summed E-state index contributed by atoms with van der Waals surface area (Å²) in [5.41, 5.74) is 7.42. The molecule has 0 fully saturated rings. The van der Waals surface area contributed by atoms with Gasteiger partial charge in [-0.3, -0.25) is 9.78 Å². The highest BCUT2D eigenvalue weighted by atomic mass is 32.1. The molecule has 1 amide bonds. The van der Waals surface area contributed by atoms with Crippen molar-refractivity contribution in [3.8, 4) is 0 Å². The van der Waals surface area contributed by atoms with E-state index in [9.17, 15) is 4.79 Å². The second-order valence-corrected chi connectivity index (χ2v) is 4.43. The smallest absolute Gasteiger partial charge is 0.237 e. The van der Waals surface area contributed by atoms with E-state index >= 15 is 0 Å². The Hall–Kier alpha value is -0.940. The lowest BCUT2D eigenvalue weighted by Gasteiger charge is -2.14. The Balaban J connectivity index is 2.35. The van der Waals surface area contributed by atoms with Crippen LogP contribution in [0.1, 0.15) is 18.7 Å². The Morgan fingerprint density at radius 1 is 1.71 bits per heavy atom. The van der Waals surface area contributed by atoms with Crippen LogP contribution in [-0.4, -0.2) is 16.9 Å². The third-order valence-electron chi connectivity index (χ3n) is 1.94. The Morgan fingerprint density at radius 3 is 2.93 bits per heavy atom. The monoisotopic (exact) mass is 213 g/mol. The lowest BCUT2D eigenvalue weighted by molar-refractivity contribution is -0.123. The van der Waals surface area contributed by atoms with Gasteiger partial charge in [0.05, 0.1) is 18.1 Å². The van der Waals surface area contributed by atoms with Gasteiger partial charge in [0.1, 0.15) is 0 Å². The van der Waals surface area contributed by atoms with Gasteiger partial charge in [-0.15, -0.1) is 11.3 Å². The summed E-state index contributed by atoms with van der Waals surface area (Å²) < 4.78 is 0. The predicted octanol–water partition coefficient (Wildman–Crippen LogP) is 0.743. The van der Waals surface area contributed by atoms with Crippen molar-refractivity contribution in [1.82, 2.24) is 10.3 Å². The van der Waals surface area contributed by atoms with E-state index in [2.05, 4.69) is 10.3 Å². The molecule has 0 aliphatic carbocycles. The summed E-state index contributed by atoms with van der Waals surface area (Å²) in [6, 6.07) is -0.428. The number of hydrogen-bond acceptors (Lipinski definition) is 4. The Kier molecular flexibility index (Phi) is 4.03. The van der Waals surface area contributed by atoms with Crippen molar-refractivity contribution < 1.29 is 4.79 Å². The molecule has 3 N–H and O–H groups in total. The first-order chi connectivity index (χ1) is 6.61. The van der Waals surface area contributed by atoms with Crippen molar-refractivity contribution in [2.45, 2.75) is 26.4 Å². The molecule has 78 valence electrons. The minimum atomic E-state index is -0.428. The van der Waals surface area contributed by atoms with Gasteiger partial charge in [0.2, 0.25) is 5.91 Å². The minimum Gasteiger partial charge on any atom is -0.350 e. The summed E-state index contributed by atoms with van der Waals surface area (Å²) >= 11 is 1.52. The lowest BCUT2D eigenvalue weighted by atomic mass is 10.1. The third kappa shape index (κ3) is 3.08. The van der Waals surface area contributed by atoms with E-state index in [-0.39, 0.29) is 11.8 Å². The number of carbonyl (C=O) groups excluding carboxylic acids is 1. The Bertz CT molecular complexity index is 284. The van der Waals surface area contributed by atoms with Gasteiger partial charge in [-0.25, -0.2) is 0 Å². The highest BCUT2D eigenvalue weighted by Crippen LogP contribution is 2.05. The maximum atomic E-state index is 11.4. The van der Waals surface area contributed by atoms with Crippen molar-refractivity contribution in [2.24, 2.45) is 11.7 Å². The second-order valence-electron chi connectivity index (χ2n) is 3.46. The van der Waals surface area contributed by atoms with E-state index in [4.69, 9.17) is 5.73 Å². The van der Waals surface area contributed by atoms with Crippen LogP contribution in [0, 0.1) is 5.92 Å². The van der Waals surface area contributed by atoms with E-state index in [0.717, 1.165) is 4.88 Å². The van der Waals surface area contributed by atoms with Crippen LogP contribution >= 0.6 is 11.3 Å². The molecule has 14 heavy (non-hydrogen) atoms. The van der Waals surface area contributed by atoms with Crippen LogP contribution in [0.3, 0.4) is 0 Å². The molecular formula is C9H15N3OS. The molecule has 1 heterocycles. The maximum absolute atomic E-state index is 11.4. The van der Waals surface area contributed by atoms with Crippen molar-refractivity contribution >= 4 is 17.2 Å². The fraction of sp³-hybridized carbons (Fsp3) is 0.556. The van der Waals surface area contributed by atoms with Crippen LogP contribution in [0.5, 0.6) is 0 Å². The molecule has 4 nitrogen and oxygen atoms in total. The van der Waals surface area contributed by atoms with E-state index < -0.39 is 6.04 Å². The zero-order chi connectivity index (χ0) is 10.6. The lowest BCUT2D eigenvalue weighted by Crippen LogP contribution is -2.43. The quantitative estimate of drug-likeness (QED) is 0.775. The fourth-order valence-electron chi connectivity index (χ4n) is 0.924. The Morgan fingerprint density at radius 2 is 2.43 bits per heavy atom. The molecule has 5 heteroatoms. The van der Waals surface area contributed by atoms with E-state index in [0.29, 0.717) is 6.54 Å². The maximum Gasteiger partial charge on any atom is 0.237 e. The number of rotatable bonds is 4. The number of nitrogens with zero attached hydrogens (tertiary/aromatic N) is 1. The standard InChI is InChI=1S/C9H15N3OS/c1-6(2)8(10)9(13)12-4-7-3-11-5-14-7/h3,5-6,8H,4,10H2,1-2H3,(H,12,13)/t8-/m1/s1. The largest absolute Gasteiger partial charge is 0.350 e. The van der Waals surface area contributed by atoms with E-state index in [1.54, 1.807) is 11.7 Å². The Labute approximate surface area is 87.5 Å². The van der Waals surface area contributed by atoms with E-state index in [1.165, 1.54) is 11.3 Å². The SMILES string of the molecule is CC(C)[C@@H](N)C(=O)NCc1cncs1. The molecule has 1 aromatic rings. The molecule has 1 atom stereocenters. The van der Waals surface area contributed by atoms with Crippen LogP contribution in [0.15, 0.2) is 11.7 Å². The summed E-state index contributed by atoms with van der Waals surface area (Å²) in [5, 5.41) is 2.77. The number of amides is 1. The third-order valence-corrected chi connectivity index (χ3v) is 2.72. The van der Waals surface area contributed by atoms with Crippen LogP contribution in [0.25, 0.3) is 0 Å². The van der Waals surface area contributed by atoms with Crippen molar-refractivity contribution in [1.29, 1.82) is 0 Å². The molecule has 0 aliphatic heterocycles. The fourth-order valence-corrected chi connectivity index (χ4v) is 1.46. The zero-order valence-corrected chi connectivity index (χ0v) is 9.17. The summed E-state index contributed by atoms with van der Waals surface area (Å²) in [6.07, 6.45) is 1.74. The predicted molar refractivity (Wildman–Crippen MR) is 56.8 cm³/mol. The van der Waals surface area contributed by atoms with Crippen molar-refractivity contribution in [2.75, 3.05) is 0 Å². The first kappa shape index (κ1) is 11.1. The van der Waals surface area contributed by atoms with Gasteiger partial charge >= 0.3 is 0 Å². The minimum absolute atomic E-state index is 0.103. The van der Waals surface area contributed by atoms with Crippen LogP contribution in [-0.2, 0) is 11.3 Å². The molecule has 0 unspecified atom stereocenters. The molecule has 0 aliphatic rings. The van der Waals surface area contributed by atoms with Gasteiger partial charge in [0.25, 0.3) is 0 Å². The normalized spacial score (nSPS) is 12.9. The summed E-state index contributed by atoms with van der Waals surface area (Å²) in [6.45, 7) is 4.37. The number of hydrogen-bond donors (Lipinski definition) is 2. The summed E-state index contributed by atoms with van der Waals surface area (Å²) in [4.78, 5) is 16.4. The second kappa shape index (κ2) is 5.07. The van der Waals surface area contributed by atoms with Gasteiger partial charge in [-0.2, -0.15) is 0 Å². The number of thiazole rings is 1. The van der Waals surface area contributed by atoms with Crippen LogP contribution in [0.2, 0.25) is 0 Å². The molecule has 0 saturated carbocycles. The first-order valence-electron chi connectivity index (χ1n) is 4.52. The summed E-state index contributed by atoms with van der Waals surface area (Å²) in [7, 11) is 0. The number of aromatic nitrogens is 1. The first-order valence-corrected chi connectivity index (χ1v) is 5.40. The molecule has 1 aromatic heterocycles. The average Bonchev–Trinajstić information content (AvgIpc) is 2.65. The van der Waals surface area contributed by atoms with Gasteiger partial charge in [0, 0.05) is 11.1 Å². The van der Waals surface area contributed by atoms with Gasteiger partial charge in [-0.1, -0.05) is 13.8 Å². The van der Waals surface area contributed by atoms with Gasteiger partial charge < -0.3 is 11.1 Å². The molecule has 0 saturated heterocycles. The van der Waals surface area contributed by atoms with Crippen LogP contribution < -0.4 is 11.1 Å². The topological polar surface area (TPSA) is 68.0 Å². The summed E-state index contributed by atoms with van der Waals surface area (Å²) in [5.74, 6) is 0.0601. The van der Waals surface area contributed by atoms with E-state index in [1.807, 2.05) is 13.8 Å². The zero-order valence-electron chi connectivity index (χ0n) is 8.36. The van der Waals surface area contributed by atoms with Crippen molar-refractivity contribution in [3.05, 3.63) is 16.6 Å². The molecule has 0 radical (unpaired) electrons. The number of carbonyl (C=O) groups is 1. The highest BCUT2D eigenvalue weighted by molar-refractivity contribution is 7.09. The highest BCUT2D eigenvalue weighted by Gasteiger charge is 2.16. The van der Waals surface area contributed by atoms with Gasteiger partial charge in [0.15, 0.2) is 0 Å². The van der Waals surface area contributed by atoms with Crippen LogP contribution in [0.4, 0.5) is 0 Å². The molecular weight excluding hydrogens is 198 g/mol. The number of nitrogens with two attached hydrogens (primary N) is 1. The average molecular weight is 213 g/mol.